The van der Waals surface area contributed by atoms with Crippen molar-refractivity contribution in [1.29, 1.82) is 0 Å². The van der Waals surface area contributed by atoms with E-state index in [1.54, 1.807) is 0 Å². The van der Waals surface area contributed by atoms with E-state index in [4.69, 9.17) is 11.6 Å². The number of halogens is 4. The predicted octanol–water partition coefficient (Wildman–Crippen LogP) is 2.98. The largest absolute Gasteiger partial charge is 0.416 e. The summed E-state index contributed by atoms with van der Waals surface area (Å²) in [5.74, 6) is 0. The summed E-state index contributed by atoms with van der Waals surface area (Å²) in [5, 5.41) is -0.247. The second-order valence-electron chi connectivity index (χ2n) is 4.57. The first-order valence-corrected chi connectivity index (χ1v) is 8.56. The molecular formula is C13H18ClF3N2O2S. The molecule has 22 heavy (non-hydrogen) atoms. The zero-order chi connectivity index (χ0) is 17.0. The Hall–Kier alpha value is -0.830. The van der Waals surface area contributed by atoms with Gasteiger partial charge >= 0.3 is 6.18 Å². The van der Waals surface area contributed by atoms with Crippen LogP contribution in [0.4, 0.5) is 13.2 Å². The molecule has 0 bridgehead atoms. The van der Waals surface area contributed by atoms with Gasteiger partial charge in [0.05, 0.1) is 10.6 Å². The van der Waals surface area contributed by atoms with Crippen LogP contribution in [0.15, 0.2) is 23.1 Å². The van der Waals surface area contributed by atoms with Gasteiger partial charge in [-0.05, 0) is 31.3 Å². The topological polar surface area (TPSA) is 49.4 Å². The van der Waals surface area contributed by atoms with Crippen molar-refractivity contribution >= 4 is 21.6 Å². The third-order valence-corrected chi connectivity index (χ3v) is 5.11. The van der Waals surface area contributed by atoms with Gasteiger partial charge in [-0.25, -0.2) is 13.1 Å². The van der Waals surface area contributed by atoms with Gasteiger partial charge in [-0.1, -0.05) is 25.4 Å². The molecule has 1 N–H and O–H groups in total. The summed E-state index contributed by atoms with van der Waals surface area (Å²) in [6.07, 6.45) is -4.63. The number of rotatable bonds is 7. The van der Waals surface area contributed by atoms with Crippen LogP contribution in [0, 0.1) is 0 Å². The van der Waals surface area contributed by atoms with Crippen LogP contribution in [0.3, 0.4) is 0 Å². The number of likely N-dealkylation sites (N-methyl/N-ethyl adjacent to an activating group) is 1. The van der Waals surface area contributed by atoms with Crippen LogP contribution in [-0.4, -0.2) is 39.5 Å². The molecule has 9 heteroatoms. The lowest BCUT2D eigenvalue weighted by molar-refractivity contribution is -0.137. The second kappa shape index (κ2) is 7.63. The molecule has 0 atom stereocenters. The average molecular weight is 359 g/mol. The van der Waals surface area contributed by atoms with Gasteiger partial charge in [0.25, 0.3) is 0 Å². The maximum atomic E-state index is 12.7. The fraction of sp³-hybridized carbons (Fsp3) is 0.538. The number of alkyl halides is 3. The Kier molecular flexibility index (Phi) is 6.66. The number of hydrogen-bond acceptors (Lipinski definition) is 3. The lowest BCUT2D eigenvalue weighted by atomic mass is 10.2. The summed E-state index contributed by atoms with van der Waals surface area (Å²) in [4.78, 5) is 1.42. The van der Waals surface area contributed by atoms with Gasteiger partial charge < -0.3 is 4.90 Å². The average Bonchev–Trinajstić information content (AvgIpc) is 2.42. The molecule has 0 saturated carbocycles. The highest BCUT2D eigenvalue weighted by molar-refractivity contribution is 7.89. The Labute approximate surface area is 133 Å². The van der Waals surface area contributed by atoms with Crippen molar-refractivity contribution in [3.63, 3.8) is 0 Å². The summed E-state index contributed by atoms with van der Waals surface area (Å²) in [7, 11) is -4.09. The van der Waals surface area contributed by atoms with Crippen LogP contribution in [0.25, 0.3) is 0 Å². The van der Waals surface area contributed by atoms with Crippen molar-refractivity contribution in [2.24, 2.45) is 0 Å². The van der Waals surface area contributed by atoms with Crippen molar-refractivity contribution < 1.29 is 21.6 Å². The normalized spacial score (nSPS) is 12.9. The van der Waals surface area contributed by atoms with Crippen LogP contribution in [0.2, 0.25) is 5.02 Å². The Morgan fingerprint density at radius 3 is 2.32 bits per heavy atom. The van der Waals surface area contributed by atoms with E-state index >= 15 is 0 Å². The molecule has 0 unspecified atom stereocenters. The Morgan fingerprint density at radius 2 is 1.82 bits per heavy atom. The monoisotopic (exact) mass is 358 g/mol. The van der Waals surface area contributed by atoms with E-state index in [0.717, 1.165) is 25.2 Å². The van der Waals surface area contributed by atoms with Crippen LogP contribution < -0.4 is 4.72 Å². The Morgan fingerprint density at radius 1 is 1.23 bits per heavy atom. The minimum atomic E-state index is -4.63. The number of nitrogens with one attached hydrogen (secondary N) is 1. The van der Waals surface area contributed by atoms with Crippen LogP contribution in [0.1, 0.15) is 19.4 Å². The molecule has 0 amide bonds. The lowest BCUT2D eigenvalue weighted by Gasteiger charge is -2.18. The van der Waals surface area contributed by atoms with E-state index in [1.165, 1.54) is 0 Å². The maximum Gasteiger partial charge on any atom is 0.416 e. The summed E-state index contributed by atoms with van der Waals surface area (Å²) in [6, 6.07) is 2.22. The van der Waals surface area contributed by atoms with Gasteiger partial charge in [0, 0.05) is 13.1 Å². The minimum Gasteiger partial charge on any atom is -0.303 e. The molecule has 126 valence electrons. The molecule has 1 aromatic carbocycles. The smallest absolute Gasteiger partial charge is 0.303 e. The Balaban J connectivity index is 2.93. The van der Waals surface area contributed by atoms with Gasteiger partial charge in [0.2, 0.25) is 10.0 Å². The molecule has 1 rings (SSSR count). The molecular weight excluding hydrogens is 341 g/mol. The number of sulfonamides is 1. The number of benzene rings is 1. The zero-order valence-electron chi connectivity index (χ0n) is 12.2. The SMILES string of the molecule is CCN(CC)CCNS(=O)(=O)c1cc(C(F)(F)F)ccc1Cl. The van der Waals surface area contributed by atoms with E-state index < -0.39 is 26.7 Å². The highest BCUT2D eigenvalue weighted by Crippen LogP contribution is 2.33. The van der Waals surface area contributed by atoms with Crippen molar-refractivity contribution in [2.75, 3.05) is 26.2 Å². The van der Waals surface area contributed by atoms with Gasteiger partial charge in [-0.15, -0.1) is 0 Å². The van der Waals surface area contributed by atoms with Gasteiger partial charge in [0.15, 0.2) is 0 Å². The molecule has 0 heterocycles. The highest BCUT2D eigenvalue weighted by atomic mass is 35.5. The van der Waals surface area contributed by atoms with Gasteiger partial charge in [0.1, 0.15) is 4.90 Å². The summed E-state index contributed by atoms with van der Waals surface area (Å²) in [5.41, 5.74) is -1.05. The lowest BCUT2D eigenvalue weighted by Crippen LogP contribution is -2.35. The maximum absolute atomic E-state index is 12.7. The predicted molar refractivity (Wildman–Crippen MR) is 79.4 cm³/mol. The summed E-state index contributed by atoms with van der Waals surface area (Å²) < 4.78 is 64.5. The first kappa shape index (κ1) is 19.2. The minimum absolute atomic E-state index is 0.0938. The summed E-state index contributed by atoms with van der Waals surface area (Å²) >= 11 is 5.73. The molecule has 0 saturated heterocycles. The molecule has 1 aromatic rings. The van der Waals surface area contributed by atoms with Crippen molar-refractivity contribution in [3.8, 4) is 0 Å². The first-order chi connectivity index (χ1) is 10.1. The fourth-order valence-corrected chi connectivity index (χ4v) is 3.39. The van der Waals surface area contributed by atoms with Crippen LogP contribution in [0.5, 0.6) is 0 Å². The quantitative estimate of drug-likeness (QED) is 0.815. The Bertz CT molecular complexity index is 602. The number of nitrogens with zero attached hydrogens (tertiary/aromatic N) is 1. The number of hydrogen-bond donors (Lipinski definition) is 1. The first-order valence-electron chi connectivity index (χ1n) is 6.70. The molecule has 0 aliphatic rings. The second-order valence-corrected chi connectivity index (χ2v) is 6.71. The van der Waals surface area contributed by atoms with Crippen LogP contribution in [-0.2, 0) is 16.2 Å². The molecule has 0 fully saturated rings. The van der Waals surface area contributed by atoms with E-state index in [2.05, 4.69) is 4.72 Å². The van der Waals surface area contributed by atoms with Crippen LogP contribution >= 0.6 is 11.6 Å². The van der Waals surface area contributed by atoms with Crippen molar-refractivity contribution in [1.82, 2.24) is 9.62 Å². The standard InChI is InChI=1S/C13H18ClF3N2O2S/c1-3-19(4-2)8-7-18-22(20,21)12-9-10(13(15,16)17)5-6-11(12)14/h5-6,9,18H,3-4,7-8H2,1-2H3. The van der Waals surface area contributed by atoms with Gasteiger partial charge in [-0.3, -0.25) is 0 Å². The molecule has 4 nitrogen and oxygen atoms in total. The van der Waals surface area contributed by atoms with Crippen molar-refractivity contribution in [2.45, 2.75) is 24.9 Å². The highest BCUT2D eigenvalue weighted by Gasteiger charge is 2.32. The van der Waals surface area contributed by atoms with Gasteiger partial charge in [-0.2, -0.15) is 13.2 Å². The molecule has 0 aromatic heterocycles. The zero-order valence-corrected chi connectivity index (χ0v) is 13.8. The van der Waals surface area contributed by atoms with E-state index in [0.29, 0.717) is 12.6 Å². The third kappa shape index (κ3) is 5.12. The fourth-order valence-electron chi connectivity index (χ4n) is 1.84. The molecule has 0 aliphatic carbocycles. The molecule has 0 radical (unpaired) electrons. The van der Waals surface area contributed by atoms with E-state index in [9.17, 15) is 21.6 Å². The van der Waals surface area contributed by atoms with E-state index in [-0.39, 0.29) is 11.6 Å². The molecule has 0 aliphatic heterocycles. The molecule has 0 spiro atoms. The van der Waals surface area contributed by atoms with E-state index in [1.807, 2.05) is 18.7 Å². The van der Waals surface area contributed by atoms with Crippen molar-refractivity contribution in [3.05, 3.63) is 28.8 Å². The summed E-state index contributed by atoms with van der Waals surface area (Å²) in [6.45, 7) is 5.92. The third-order valence-electron chi connectivity index (χ3n) is 3.16.